The molecule has 6 nitrogen and oxygen atoms in total. The molecule has 0 unspecified atom stereocenters. The molecule has 0 spiro atoms. The van der Waals surface area contributed by atoms with Crippen LogP contribution in [0.15, 0.2) is 4.99 Å². The van der Waals surface area contributed by atoms with E-state index < -0.39 is 10.0 Å². The summed E-state index contributed by atoms with van der Waals surface area (Å²) in [6, 6.07) is 0.533. The summed E-state index contributed by atoms with van der Waals surface area (Å²) in [5.74, 6) is 0.807. The Morgan fingerprint density at radius 3 is 2.42 bits per heavy atom. The first-order valence-electron chi connectivity index (χ1n) is 6.43. The van der Waals surface area contributed by atoms with Gasteiger partial charge in [0.15, 0.2) is 5.96 Å². The molecule has 0 aliphatic heterocycles. The van der Waals surface area contributed by atoms with Gasteiger partial charge in [0.05, 0.1) is 6.26 Å². The Kier molecular flexibility index (Phi) is 9.71. The molecule has 1 aliphatic carbocycles. The van der Waals surface area contributed by atoms with Gasteiger partial charge in [-0.25, -0.2) is 13.1 Å². The van der Waals surface area contributed by atoms with Crippen LogP contribution < -0.4 is 15.4 Å². The zero-order valence-electron chi connectivity index (χ0n) is 11.6. The summed E-state index contributed by atoms with van der Waals surface area (Å²) in [4.78, 5) is 4.15. The molecule has 114 valence electrons. The first-order valence-corrected chi connectivity index (χ1v) is 8.32. The van der Waals surface area contributed by atoms with Crippen molar-refractivity contribution in [3.63, 3.8) is 0 Å². The molecular formula is C11H25IN4O2S. The van der Waals surface area contributed by atoms with Crippen molar-refractivity contribution in [1.82, 2.24) is 15.4 Å². The van der Waals surface area contributed by atoms with Crippen LogP contribution in [0.25, 0.3) is 0 Å². The zero-order valence-corrected chi connectivity index (χ0v) is 14.8. The number of guanidine groups is 1. The van der Waals surface area contributed by atoms with Crippen molar-refractivity contribution >= 4 is 40.0 Å². The summed E-state index contributed by atoms with van der Waals surface area (Å²) in [6.45, 7) is 1.15. The van der Waals surface area contributed by atoms with Gasteiger partial charge >= 0.3 is 0 Å². The summed E-state index contributed by atoms with van der Waals surface area (Å²) in [5, 5.41) is 6.56. The molecule has 0 bridgehead atoms. The average Bonchev–Trinajstić information content (AvgIpc) is 2.78. The fourth-order valence-corrected chi connectivity index (χ4v) is 2.53. The van der Waals surface area contributed by atoms with Crippen molar-refractivity contribution in [2.75, 3.05) is 26.4 Å². The van der Waals surface area contributed by atoms with Crippen LogP contribution in [0.5, 0.6) is 0 Å². The number of rotatable bonds is 6. The third-order valence-electron chi connectivity index (χ3n) is 2.93. The number of nitrogens with one attached hydrogen (secondary N) is 3. The number of hydrogen-bond donors (Lipinski definition) is 3. The standard InChI is InChI=1S/C11H24N4O2S.HI/c1-12-11(15-10-6-3-4-7-10)13-8-5-9-14-18(2,16)17;/h10,14H,3-9H2,1-2H3,(H2,12,13,15);1H. The van der Waals surface area contributed by atoms with Gasteiger partial charge in [0, 0.05) is 26.2 Å². The molecule has 0 radical (unpaired) electrons. The summed E-state index contributed by atoms with van der Waals surface area (Å²) in [7, 11) is -1.32. The molecule has 0 heterocycles. The minimum atomic E-state index is -3.07. The van der Waals surface area contributed by atoms with Crippen LogP contribution >= 0.6 is 24.0 Å². The Morgan fingerprint density at radius 2 is 1.89 bits per heavy atom. The lowest BCUT2D eigenvalue weighted by Crippen LogP contribution is -2.43. The molecule has 0 amide bonds. The summed E-state index contributed by atoms with van der Waals surface area (Å²) >= 11 is 0. The average molecular weight is 404 g/mol. The zero-order chi connectivity index (χ0) is 13.4. The van der Waals surface area contributed by atoms with Crippen LogP contribution in [0.3, 0.4) is 0 Å². The molecular weight excluding hydrogens is 379 g/mol. The van der Waals surface area contributed by atoms with Crippen LogP contribution in [0.2, 0.25) is 0 Å². The maximum atomic E-state index is 10.8. The minimum Gasteiger partial charge on any atom is -0.356 e. The maximum Gasteiger partial charge on any atom is 0.208 e. The normalized spacial score (nSPS) is 17.1. The van der Waals surface area contributed by atoms with Crippen molar-refractivity contribution < 1.29 is 8.42 Å². The van der Waals surface area contributed by atoms with Gasteiger partial charge in [0.1, 0.15) is 0 Å². The van der Waals surface area contributed by atoms with E-state index in [-0.39, 0.29) is 24.0 Å². The van der Waals surface area contributed by atoms with E-state index in [0.717, 1.165) is 12.4 Å². The smallest absolute Gasteiger partial charge is 0.208 e. The SMILES string of the molecule is CN=C(NCCCNS(C)(=O)=O)NC1CCCC1.I. The third-order valence-corrected chi connectivity index (χ3v) is 3.66. The van der Waals surface area contributed by atoms with Crippen molar-refractivity contribution in [2.45, 2.75) is 38.1 Å². The molecule has 1 rings (SSSR count). The monoisotopic (exact) mass is 404 g/mol. The second-order valence-corrected chi connectivity index (χ2v) is 6.48. The highest BCUT2D eigenvalue weighted by atomic mass is 127. The van der Waals surface area contributed by atoms with E-state index in [2.05, 4.69) is 20.3 Å². The predicted octanol–water partition coefficient (Wildman–Crippen LogP) is 0.651. The van der Waals surface area contributed by atoms with Gasteiger partial charge in [-0.1, -0.05) is 12.8 Å². The highest BCUT2D eigenvalue weighted by molar-refractivity contribution is 14.0. The summed E-state index contributed by atoms with van der Waals surface area (Å²) in [6.07, 6.45) is 6.88. The number of nitrogens with zero attached hydrogens (tertiary/aromatic N) is 1. The van der Waals surface area contributed by atoms with Gasteiger partial charge in [0.2, 0.25) is 10.0 Å². The molecule has 1 fully saturated rings. The van der Waals surface area contributed by atoms with Gasteiger partial charge in [-0.05, 0) is 19.3 Å². The first-order chi connectivity index (χ1) is 8.51. The molecule has 19 heavy (non-hydrogen) atoms. The highest BCUT2D eigenvalue weighted by Gasteiger charge is 2.15. The summed E-state index contributed by atoms with van der Waals surface area (Å²) in [5.41, 5.74) is 0. The highest BCUT2D eigenvalue weighted by Crippen LogP contribution is 2.17. The van der Waals surface area contributed by atoms with Crippen LogP contribution in [0.4, 0.5) is 0 Å². The fraction of sp³-hybridized carbons (Fsp3) is 0.909. The number of halogens is 1. The van der Waals surface area contributed by atoms with Crippen molar-refractivity contribution in [3.8, 4) is 0 Å². The Bertz CT molecular complexity index is 367. The van der Waals surface area contributed by atoms with Gasteiger partial charge in [-0.15, -0.1) is 24.0 Å². The second-order valence-electron chi connectivity index (χ2n) is 4.64. The van der Waals surface area contributed by atoms with E-state index in [1.807, 2.05) is 0 Å². The van der Waals surface area contributed by atoms with Gasteiger partial charge in [-0.2, -0.15) is 0 Å². The van der Waals surface area contributed by atoms with E-state index in [1.54, 1.807) is 7.05 Å². The van der Waals surface area contributed by atoms with Crippen molar-refractivity contribution in [1.29, 1.82) is 0 Å². The first kappa shape index (κ1) is 18.9. The van der Waals surface area contributed by atoms with Crippen molar-refractivity contribution in [2.24, 2.45) is 4.99 Å². The molecule has 1 saturated carbocycles. The van der Waals surface area contributed by atoms with Gasteiger partial charge in [-0.3, -0.25) is 4.99 Å². The van der Waals surface area contributed by atoms with Crippen molar-refractivity contribution in [3.05, 3.63) is 0 Å². The fourth-order valence-electron chi connectivity index (χ4n) is 2.01. The predicted molar refractivity (Wildman–Crippen MR) is 89.6 cm³/mol. The quantitative estimate of drug-likeness (QED) is 0.263. The van der Waals surface area contributed by atoms with Crippen LogP contribution in [-0.2, 0) is 10.0 Å². The Morgan fingerprint density at radius 1 is 1.26 bits per heavy atom. The Hall–Kier alpha value is -0.0900. The lowest BCUT2D eigenvalue weighted by Gasteiger charge is -2.16. The number of sulfonamides is 1. The minimum absolute atomic E-state index is 0. The molecule has 0 aromatic rings. The second kappa shape index (κ2) is 9.76. The molecule has 0 atom stereocenters. The van der Waals surface area contributed by atoms with Gasteiger partial charge < -0.3 is 10.6 Å². The van der Waals surface area contributed by atoms with E-state index >= 15 is 0 Å². The molecule has 3 N–H and O–H groups in total. The molecule has 1 aliphatic rings. The molecule has 8 heteroatoms. The van der Waals surface area contributed by atoms with Gasteiger partial charge in [0.25, 0.3) is 0 Å². The van der Waals surface area contributed by atoms with Crippen LogP contribution in [0, 0.1) is 0 Å². The van der Waals surface area contributed by atoms with E-state index in [0.29, 0.717) is 19.1 Å². The van der Waals surface area contributed by atoms with E-state index in [9.17, 15) is 8.42 Å². The lowest BCUT2D eigenvalue weighted by molar-refractivity contribution is 0.583. The number of aliphatic imine (C=N–C) groups is 1. The maximum absolute atomic E-state index is 10.8. The molecule has 0 saturated heterocycles. The lowest BCUT2D eigenvalue weighted by atomic mass is 10.2. The summed E-state index contributed by atoms with van der Waals surface area (Å²) < 4.78 is 24.2. The van der Waals surface area contributed by atoms with E-state index in [4.69, 9.17) is 0 Å². The molecule has 0 aromatic heterocycles. The largest absolute Gasteiger partial charge is 0.356 e. The topological polar surface area (TPSA) is 82.6 Å². The Balaban J connectivity index is 0.00000324. The van der Waals surface area contributed by atoms with Crippen LogP contribution in [-0.4, -0.2) is 46.8 Å². The molecule has 0 aromatic carbocycles. The van der Waals surface area contributed by atoms with E-state index in [1.165, 1.54) is 31.9 Å². The van der Waals surface area contributed by atoms with Crippen LogP contribution in [0.1, 0.15) is 32.1 Å². The number of hydrogen-bond acceptors (Lipinski definition) is 3. The Labute approximate surface area is 133 Å². The third kappa shape index (κ3) is 9.44.